The van der Waals surface area contributed by atoms with Crippen LogP contribution in [0.25, 0.3) is 10.2 Å². The summed E-state index contributed by atoms with van der Waals surface area (Å²) >= 11 is 1.69. The number of nitrogens with zero attached hydrogens (tertiary/aromatic N) is 1. The van der Waals surface area contributed by atoms with Gasteiger partial charge in [0, 0.05) is 23.8 Å². The van der Waals surface area contributed by atoms with Crippen molar-refractivity contribution in [3.8, 4) is 0 Å². The van der Waals surface area contributed by atoms with Gasteiger partial charge in [-0.1, -0.05) is 13.8 Å². The van der Waals surface area contributed by atoms with E-state index in [1.54, 1.807) is 11.3 Å². The van der Waals surface area contributed by atoms with Gasteiger partial charge in [0.2, 0.25) is 0 Å². The number of hydrogen-bond acceptors (Lipinski definition) is 4. The van der Waals surface area contributed by atoms with Crippen LogP contribution < -0.4 is 5.32 Å². The van der Waals surface area contributed by atoms with Gasteiger partial charge in [-0.2, -0.15) is 0 Å². The Kier molecular flexibility index (Phi) is 3.23. The highest BCUT2D eigenvalue weighted by Crippen LogP contribution is 2.44. The number of anilines is 1. The molecule has 102 valence electrons. The highest BCUT2D eigenvalue weighted by molar-refractivity contribution is 7.16. The average Bonchev–Trinajstić information content (AvgIpc) is 2.85. The Balaban J connectivity index is 1.72. The lowest BCUT2D eigenvalue weighted by Crippen LogP contribution is -2.58. The first-order valence-corrected chi connectivity index (χ1v) is 7.70. The molecular weight excluding hydrogens is 256 g/mol. The summed E-state index contributed by atoms with van der Waals surface area (Å²) in [6, 6.07) is 6.87. The lowest BCUT2D eigenvalue weighted by atomic mass is 9.64. The van der Waals surface area contributed by atoms with Gasteiger partial charge in [0.25, 0.3) is 0 Å². The van der Waals surface area contributed by atoms with Crippen LogP contribution >= 0.6 is 11.3 Å². The Labute approximate surface area is 118 Å². The molecule has 2 unspecified atom stereocenters. The minimum atomic E-state index is 0.193. The first-order chi connectivity index (χ1) is 9.11. The normalized spacial score (nSPS) is 25.2. The number of hydrogen-bond donors (Lipinski definition) is 1. The van der Waals surface area contributed by atoms with E-state index in [0.29, 0.717) is 12.1 Å². The van der Waals surface area contributed by atoms with Gasteiger partial charge < -0.3 is 10.1 Å². The zero-order chi connectivity index (χ0) is 13.5. The maximum Gasteiger partial charge on any atom is 0.0813 e. The predicted octanol–water partition coefficient (Wildman–Crippen LogP) is 3.91. The molecule has 1 aliphatic carbocycles. The van der Waals surface area contributed by atoms with Gasteiger partial charge in [0.1, 0.15) is 0 Å². The molecule has 1 saturated carbocycles. The van der Waals surface area contributed by atoms with E-state index in [-0.39, 0.29) is 5.41 Å². The molecular formula is C15H20N2OS. The average molecular weight is 276 g/mol. The summed E-state index contributed by atoms with van der Waals surface area (Å²) in [6.45, 7) is 7.42. The van der Waals surface area contributed by atoms with E-state index in [2.05, 4.69) is 49.3 Å². The summed E-state index contributed by atoms with van der Waals surface area (Å²) in [7, 11) is 0. The largest absolute Gasteiger partial charge is 0.382 e. The predicted molar refractivity (Wildman–Crippen MR) is 80.8 cm³/mol. The third-order valence-electron chi connectivity index (χ3n) is 4.22. The molecule has 0 amide bonds. The van der Waals surface area contributed by atoms with Crippen molar-refractivity contribution in [1.82, 2.24) is 4.98 Å². The molecule has 0 spiro atoms. The molecule has 1 aromatic heterocycles. The van der Waals surface area contributed by atoms with Gasteiger partial charge in [-0.25, -0.2) is 4.98 Å². The molecule has 1 heterocycles. The minimum Gasteiger partial charge on any atom is -0.382 e. The van der Waals surface area contributed by atoms with Crippen LogP contribution in [-0.2, 0) is 4.74 Å². The van der Waals surface area contributed by atoms with Crippen LogP contribution in [0.4, 0.5) is 5.69 Å². The van der Waals surface area contributed by atoms with Crippen LogP contribution in [0.3, 0.4) is 0 Å². The molecule has 1 aliphatic rings. The van der Waals surface area contributed by atoms with E-state index in [1.807, 2.05) is 5.51 Å². The quantitative estimate of drug-likeness (QED) is 0.919. The van der Waals surface area contributed by atoms with Gasteiger partial charge in [-0.3, -0.25) is 0 Å². The third kappa shape index (κ3) is 2.23. The number of thiazole rings is 1. The highest BCUT2D eigenvalue weighted by Gasteiger charge is 2.48. The molecule has 3 rings (SSSR count). The number of fused-ring (bicyclic) bond motifs is 1. The van der Waals surface area contributed by atoms with E-state index in [4.69, 9.17) is 4.74 Å². The number of rotatable bonds is 4. The summed E-state index contributed by atoms with van der Waals surface area (Å²) in [6.07, 6.45) is 1.46. The van der Waals surface area contributed by atoms with Crippen molar-refractivity contribution in [3.05, 3.63) is 23.7 Å². The Hall–Kier alpha value is -1.13. The van der Waals surface area contributed by atoms with Crippen LogP contribution in [0.1, 0.15) is 27.2 Å². The summed E-state index contributed by atoms with van der Waals surface area (Å²) in [5.41, 5.74) is 4.35. The van der Waals surface area contributed by atoms with Crippen molar-refractivity contribution in [3.63, 3.8) is 0 Å². The summed E-state index contributed by atoms with van der Waals surface area (Å²) in [5, 5.41) is 3.64. The fraction of sp³-hybridized carbons (Fsp3) is 0.533. The van der Waals surface area contributed by atoms with Crippen molar-refractivity contribution < 1.29 is 4.74 Å². The third-order valence-corrected chi connectivity index (χ3v) is 5.01. The first-order valence-electron chi connectivity index (χ1n) is 6.82. The molecule has 3 nitrogen and oxygen atoms in total. The van der Waals surface area contributed by atoms with Crippen LogP contribution in [0.5, 0.6) is 0 Å². The molecule has 0 bridgehead atoms. The lowest BCUT2D eigenvalue weighted by Gasteiger charge is -2.52. The molecule has 2 aromatic rings. The summed E-state index contributed by atoms with van der Waals surface area (Å²) < 4.78 is 7.01. The number of ether oxygens (including phenoxy) is 1. The summed E-state index contributed by atoms with van der Waals surface area (Å²) in [5.74, 6) is 0. The molecule has 4 heteroatoms. The minimum absolute atomic E-state index is 0.193. The molecule has 1 fully saturated rings. The van der Waals surface area contributed by atoms with Gasteiger partial charge in [0.05, 0.1) is 21.8 Å². The smallest absolute Gasteiger partial charge is 0.0813 e. The monoisotopic (exact) mass is 276 g/mol. The van der Waals surface area contributed by atoms with Gasteiger partial charge in [-0.05, 0) is 31.5 Å². The SMILES string of the molecule is CCOC1CC(Nc2ccc3ncsc3c2)C1(C)C. The van der Waals surface area contributed by atoms with Crippen LogP contribution in [0.15, 0.2) is 23.7 Å². The van der Waals surface area contributed by atoms with Crippen molar-refractivity contribution in [2.45, 2.75) is 39.3 Å². The second kappa shape index (κ2) is 4.76. The molecule has 0 saturated heterocycles. The molecule has 0 aliphatic heterocycles. The van der Waals surface area contributed by atoms with Crippen molar-refractivity contribution >= 4 is 27.2 Å². The van der Waals surface area contributed by atoms with Crippen molar-refractivity contribution in [2.24, 2.45) is 5.41 Å². The maximum absolute atomic E-state index is 5.77. The topological polar surface area (TPSA) is 34.1 Å². The zero-order valence-corrected chi connectivity index (χ0v) is 12.5. The number of aromatic nitrogens is 1. The van der Waals surface area contributed by atoms with E-state index < -0.39 is 0 Å². The van der Waals surface area contributed by atoms with Crippen LogP contribution in [0, 0.1) is 5.41 Å². The second-order valence-electron chi connectivity index (χ2n) is 5.73. The van der Waals surface area contributed by atoms with E-state index in [9.17, 15) is 0 Å². The number of benzene rings is 1. The zero-order valence-electron chi connectivity index (χ0n) is 11.6. The molecule has 0 radical (unpaired) electrons. The molecule has 19 heavy (non-hydrogen) atoms. The molecule has 1 aromatic carbocycles. The molecule has 1 N–H and O–H groups in total. The fourth-order valence-electron chi connectivity index (χ4n) is 2.76. The summed E-state index contributed by atoms with van der Waals surface area (Å²) in [4.78, 5) is 4.31. The van der Waals surface area contributed by atoms with Gasteiger partial charge >= 0.3 is 0 Å². The van der Waals surface area contributed by atoms with Crippen LogP contribution in [0.2, 0.25) is 0 Å². The fourth-order valence-corrected chi connectivity index (χ4v) is 3.48. The molecule has 2 atom stereocenters. The second-order valence-corrected chi connectivity index (χ2v) is 6.62. The van der Waals surface area contributed by atoms with Crippen molar-refractivity contribution in [1.29, 1.82) is 0 Å². The van der Waals surface area contributed by atoms with E-state index in [1.165, 1.54) is 10.4 Å². The first kappa shape index (κ1) is 12.9. The highest BCUT2D eigenvalue weighted by atomic mass is 32.1. The maximum atomic E-state index is 5.77. The standard InChI is InChI=1S/C15H20N2OS/c1-4-18-14-8-13(15(14,2)3)17-10-5-6-11-12(7-10)19-9-16-11/h5-7,9,13-14,17H,4,8H2,1-3H3. The van der Waals surface area contributed by atoms with Crippen molar-refractivity contribution in [2.75, 3.05) is 11.9 Å². The van der Waals surface area contributed by atoms with Gasteiger partial charge in [-0.15, -0.1) is 11.3 Å². The Morgan fingerprint density at radius 2 is 2.32 bits per heavy atom. The Morgan fingerprint density at radius 1 is 1.47 bits per heavy atom. The van der Waals surface area contributed by atoms with E-state index in [0.717, 1.165) is 18.5 Å². The number of nitrogens with one attached hydrogen (secondary N) is 1. The lowest BCUT2D eigenvalue weighted by molar-refractivity contribution is -0.0975. The van der Waals surface area contributed by atoms with Crippen LogP contribution in [-0.4, -0.2) is 23.7 Å². The Bertz CT molecular complexity index is 578. The van der Waals surface area contributed by atoms with Gasteiger partial charge in [0.15, 0.2) is 0 Å². The van der Waals surface area contributed by atoms with E-state index >= 15 is 0 Å². The Morgan fingerprint density at radius 3 is 3.05 bits per heavy atom.